The highest BCUT2D eigenvalue weighted by molar-refractivity contribution is 6.30. The molecule has 2 rings (SSSR count). The van der Waals surface area contributed by atoms with E-state index in [1.165, 1.54) is 17.0 Å². The van der Waals surface area contributed by atoms with Crippen molar-refractivity contribution in [1.82, 2.24) is 4.90 Å². The van der Waals surface area contributed by atoms with Crippen LogP contribution in [0.4, 0.5) is 14.9 Å². The fourth-order valence-electron chi connectivity index (χ4n) is 2.39. The lowest BCUT2D eigenvalue weighted by Crippen LogP contribution is -2.46. The Morgan fingerprint density at radius 2 is 2.10 bits per heavy atom. The van der Waals surface area contributed by atoms with E-state index in [-0.39, 0.29) is 10.7 Å². The lowest BCUT2D eigenvalue weighted by molar-refractivity contribution is -0.142. The Labute approximate surface area is 126 Å². The van der Waals surface area contributed by atoms with Crippen LogP contribution in [0.15, 0.2) is 18.2 Å². The largest absolute Gasteiger partial charge is 0.480 e. The number of benzene rings is 1. The molecule has 0 saturated carbocycles. The Morgan fingerprint density at radius 3 is 2.76 bits per heavy atom. The molecule has 2 amide bonds. The van der Waals surface area contributed by atoms with Crippen LogP contribution >= 0.6 is 11.6 Å². The number of likely N-dealkylation sites (tertiary alicyclic amines) is 1. The number of carbonyl (C=O) groups excluding carboxylic acids is 1. The van der Waals surface area contributed by atoms with Gasteiger partial charge in [-0.3, -0.25) is 0 Å². The van der Waals surface area contributed by atoms with Crippen molar-refractivity contribution in [2.45, 2.75) is 31.7 Å². The monoisotopic (exact) mass is 314 g/mol. The van der Waals surface area contributed by atoms with Crippen LogP contribution in [-0.4, -0.2) is 34.6 Å². The van der Waals surface area contributed by atoms with Gasteiger partial charge < -0.3 is 15.3 Å². The van der Waals surface area contributed by atoms with E-state index >= 15 is 0 Å². The Morgan fingerprint density at radius 1 is 1.33 bits per heavy atom. The maximum absolute atomic E-state index is 13.7. The van der Waals surface area contributed by atoms with Crippen LogP contribution in [0.1, 0.15) is 25.7 Å². The topological polar surface area (TPSA) is 69.6 Å². The van der Waals surface area contributed by atoms with E-state index in [1.807, 2.05) is 0 Å². The Hall–Kier alpha value is -1.82. The maximum atomic E-state index is 13.7. The molecule has 0 spiro atoms. The van der Waals surface area contributed by atoms with Crippen LogP contribution in [0.3, 0.4) is 0 Å². The highest BCUT2D eigenvalue weighted by Gasteiger charge is 2.31. The van der Waals surface area contributed by atoms with E-state index in [0.717, 1.165) is 25.3 Å². The van der Waals surface area contributed by atoms with Crippen LogP contribution < -0.4 is 5.32 Å². The summed E-state index contributed by atoms with van der Waals surface area (Å²) in [6.07, 6.45) is 2.78. The number of aliphatic carboxylic acids is 1. The van der Waals surface area contributed by atoms with Gasteiger partial charge >= 0.3 is 12.0 Å². The zero-order chi connectivity index (χ0) is 15.4. The zero-order valence-corrected chi connectivity index (χ0v) is 12.1. The minimum absolute atomic E-state index is 0.0159. The summed E-state index contributed by atoms with van der Waals surface area (Å²) in [5, 5.41) is 11.9. The van der Waals surface area contributed by atoms with Crippen molar-refractivity contribution in [2.24, 2.45) is 0 Å². The number of urea groups is 1. The zero-order valence-electron chi connectivity index (χ0n) is 11.3. The molecule has 21 heavy (non-hydrogen) atoms. The predicted molar refractivity (Wildman–Crippen MR) is 77.0 cm³/mol. The van der Waals surface area contributed by atoms with Crippen molar-refractivity contribution in [2.75, 3.05) is 11.9 Å². The Balaban J connectivity index is 2.14. The maximum Gasteiger partial charge on any atom is 0.326 e. The SMILES string of the molecule is O=C(O)C1CCCCCN1C(=O)Nc1ccc(Cl)cc1F. The number of anilines is 1. The van der Waals surface area contributed by atoms with Gasteiger partial charge in [-0.1, -0.05) is 24.4 Å². The van der Waals surface area contributed by atoms with Crippen molar-refractivity contribution in [3.05, 3.63) is 29.0 Å². The number of amides is 2. The van der Waals surface area contributed by atoms with E-state index in [9.17, 15) is 19.1 Å². The summed E-state index contributed by atoms with van der Waals surface area (Å²) < 4.78 is 13.7. The van der Waals surface area contributed by atoms with Gasteiger partial charge in [0.15, 0.2) is 0 Å². The van der Waals surface area contributed by atoms with E-state index in [0.29, 0.717) is 13.0 Å². The van der Waals surface area contributed by atoms with Crippen LogP contribution in [0.25, 0.3) is 0 Å². The summed E-state index contributed by atoms with van der Waals surface area (Å²) in [4.78, 5) is 24.8. The molecule has 1 aliphatic heterocycles. The number of carboxylic acid groups (broad SMARTS) is 1. The molecular weight excluding hydrogens is 299 g/mol. The number of carboxylic acids is 1. The lowest BCUT2D eigenvalue weighted by Gasteiger charge is -2.27. The van der Waals surface area contributed by atoms with Crippen LogP contribution in [-0.2, 0) is 4.79 Å². The van der Waals surface area contributed by atoms with Gasteiger partial charge in [0.2, 0.25) is 0 Å². The van der Waals surface area contributed by atoms with Gasteiger partial charge in [-0.25, -0.2) is 14.0 Å². The van der Waals surface area contributed by atoms with E-state index < -0.39 is 23.9 Å². The molecule has 0 bridgehead atoms. The average molecular weight is 315 g/mol. The first-order valence-corrected chi connectivity index (χ1v) is 7.12. The molecule has 1 fully saturated rings. The minimum Gasteiger partial charge on any atom is -0.480 e. The number of nitrogens with one attached hydrogen (secondary N) is 1. The number of rotatable bonds is 2. The van der Waals surface area contributed by atoms with Gasteiger partial charge in [-0.2, -0.15) is 0 Å². The molecule has 1 saturated heterocycles. The van der Waals surface area contributed by atoms with E-state index in [1.54, 1.807) is 0 Å². The Bertz CT molecular complexity index is 553. The highest BCUT2D eigenvalue weighted by atomic mass is 35.5. The number of hydrogen-bond acceptors (Lipinski definition) is 2. The molecule has 1 unspecified atom stereocenters. The van der Waals surface area contributed by atoms with Crippen molar-refractivity contribution < 1.29 is 19.1 Å². The van der Waals surface area contributed by atoms with Crippen LogP contribution in [0.5, 0.6) is 0 Å². The van der Waals surface area contributed by atoms with Crippen LogP contribution in [0.2, 0.25) is 5.02 Å². The quantitative estimate of drug-likeness (QED) is 0.879. The molecule has 0 aliphatic carbocycles. The molecule has 1 aromatic carbocycles. The molecule has 2 N–H and O–H groups in total. The molecule has 114 valence electrons. The second kappa shape index (κ2) is 6.76. The molecule has 1 heterocycles. The third-order valence-corrected chi connectivity index (χ3v) is 3.71. The fourth-order valence-corrected chi connectivity index (χ4v) is 2.54. The predicted octanol–water partition coefficient (Wildman–Crippen LogP) is 3.34. The summed E-state index contributed by atoms with van der Waals surface area (Å²) in [5.74, 6) is -1.69. The Kier molecular flexibility index (Phi) is 5.01. The van der Waals surface area contributed by atoms with Crippen LogP contribution in [0, 0.1) is 5.82 Å². The number of carbonyl (C=O) groups is 2. The number of hydrogen-bond donors (Lipinski definition) is 2. The number of halogens is 2. The lowest BCUT2D eigenvalue weighted by atomic mass is 10.1. The van der Waals surface area contributed by atoms with Gasteiger partial charge in [0.1, 0.15) is 11.9 Å². The standard InChI is InChI=1S/C14H16ClFN2O3/c15-9-5-6-11(10(16)8-9)17-14(21)18-7-3-1-2-4-12(18)13(19)20/h5-6,8,12H,1-4,7H2,(H,17,21)(H,19,20). The third kappa shape index (κ3) is 3.85. The fraction of sp³-hybridized carbons (Fsp3) is 0.429. The second-order valence-electron chi connectivity index (χ2n) is 4.95. The van der Waals surface area contributed by atoms with Gasteiger partial charge in [-0.05, 0) is 31.0 Å². The summed E-state index contributed by atoms with van der Waals surface area (Å²) >= 11 is 5.65. The molecule has 5 nitrogen and oxygen atoms in total. The molecule has 1 aromatic rings. The van der Waals surface area contributed by atoms with E-state index in [4.69, 9.17) is 11.6 Å². The summed E-state index contributed by atoms with van der Waals surface area (Å²) in [6.45, 7) is 0.345. The number of nitrogens with zero attached hydrogens (tertiary/aromatic N) is 1. The van der Waals surface area contributed by atoms with Crippen molar-refractivity contribution >= 4 is 29.3 Å². The molecule has 1 atom stereocenters. The highest BCUT2D eigenvalue weighted by Crippen LogP contribution is 2.22. The molecule has 0 radical (unpaired) electrons. The van der Waals surface area contributed by atoms with Gasteiger partial charge in [0.05, 0.1) is 5.69 Å². The average Bonchev–Trinajstić information content (AvgIpc) is 2.67. The van der Waals surface area contributed by atoms with Crippen molar-refractivity contribution in [3.8, 4) is 0 Å². The summed E-state index contributed by atoms with van der Waals surface area (Å²) in [6, 6.07) is 2.42. The first-order chi connectivity index (χ1) is 9.99. The first kappa shape index (κ1) is 15.6. The molecule has 1 aliphatic rings. The first-order valence-electron chi connectivity index (χ1n) is 6.74. The third-order valence-electron chi connectivity index (χ3n) is 3.47. The van der Waals surface area contributed by atoms with E-state index in [2.05, 4.69) is 5.32 Å². The van der Waals surface area contributed by atoms with Crippen molar-refractivity contribution in [3.63, 3.8) is 0 Å². The smallest absolute Gasteiger partial charge is 0.326 e. The normalized spacial score (nSPS) is 19.0. The summed E-state index contributed by atoms with van der Waals surface area (Å²) in [5.41, 5.74) is -0.0159. The van der Waals surface area contributed by atoms with Gasteiger partial charge in [0, 0.05) is 11.6 Å². The second-order valence-corrected chi connectivity index (χ2v) is 5.39. The van der Waals surface area contributed by atoms with Crippen molar-refractivity contribution in [1.29, 1.82) is 0 Å². The molecule has 0 aromatic heterocycles. The van der Waals surface area contributed by atoms with Gasteiger partial charge in [-0.15, -0.1) is 0 Å². The minimum atomic E-state index is -1.04. The van der Waals surface area contributed by atoms with Gasteiger partial charge in [0.25, 0.3) is 0 Å². The summed E-state index contributed by atoms with van der Waals surface area (Å²) in [7, 11) is 0. The molecular formula is C14H16ClFN2O3. The molecule has 7 heteroatoms.